The summed E-state index contributed by atoms with van der Waals surface area (Å²) >= 11 is 17.6. The van der Waals surface area contributed by atoms with E-state index in [0.717, 1.165) is 16.6 Å². The molecule has 33 heavy (non-hydrogen) atoms. The predicted octanol–water partition coefficient (Wildman–Crippen LogP) is 7.35. The largest absolute Gasteiger partial charge is 0.489 e. The van der Waals surface area contributed by atoms with Gasteiger partial charge >= 0.3 is 0 Å². The molecule has 2 N–H and O–H groups in total. The van der Waals surface area contributed by atoms with Crippen molar-refractivity contribution in [1.29, 1.82) is 0 Å². The maximum Gasteiger partial charge on any atom is 0.248 e. The summed E-state index contributed by atoms with van der Waals surface area (Å²) < 4.78 is 10.4. The molecule has 0 bridgehead atoms. The average Bonchev–Trinajstić information content (AvgIpc) is 3.37. The number of fused-ring (bicyclic) bond motifs is 2. The molecule has 0 saturated carbocycles. The topological polar surface area (TPSA) is 75.8 Å². The minimum atomic E-state index is -1.77. The maximum absolute atomic E-state index is 6.11. The number of halogens is 3. The van der Waals surface area contributed by atoms with Gasteiger partial charge in [0.25, 0.3) is 0 Å². The smallest absolute Gasteiger partial charge is 0.248 e. The Morgan fingerprint density at radius 2 is 1.64 bits per heavy atom. The van der Waals surface area contributed by atoms with Crippen LogP contribution >= 0.6 is 34.8 Å². The van der Waals surface area contributed by atoms with Crippen molar-refractivity contribution in [2.45, 2.75) is 42.7 Å². The Labute approximate surface area is 210 Å². The molecular formula is C23H29Cl3N4O2Si. The zero-order valence-corrected chi connectivity index (χ0v) is 22.6. The second-order valence-corrected chi connectivity index (χ2v) is 16.2. The number of alkyl halides is 3. The highest BCUT2D eigenvalue weighted by molar-refractivity contribution is 6.74. The molecule has 6 nitrogen and oxygen atoms in total. The van der Waals surface area contributed by atoms with Gasteiger partial charge in [0, 0.05) is 0 Å². The maximum atomic E-state index is 6.11. The van der Waals surface area contributed by atoms with Crippen LogP contribution in [0.3, 0.4) is 0 Å². The number of para-hydroxylation sites is 3. The summed E-state index contributed by atoms with van der Waals surface area (Å²) in [4.78, 5) is 14.4. The first-order valence-electron chi connectivity index (χ1n) is 10.6. The molecule has 0 saturated heterocycles. The van der Waals surface area contributed by atoms with Crippen LogP contribution in [0.5, 0.6) is 5.75 Å². The van der Waals surface area contributed by atoms with Crippen molar-refractivity contribution in [3.05, 3.63) is 54.6 Å². The monoisotopic (exact) mass is 526 g/mol. The Morgan fingerprint density at radius 1 is 0.939 bits per heavy atom. The van der Waals surface area contributed by atoms with Gasteiger partial charge in [-0.1, -0.05) is 73.8 Å². The van der Waals surface area contributed by atoms with E-state index in [1.165, 1.54) is 0 Å². The molecule has 2 aromatic carbocycles. The normalized spacial score (nSPS) is 12.6. The van der Waals surface area contributed by atoms with Crippen molar-refractivity contribution in [3.63, 3.8) is 0 Å². The van der Waals surface area contributed by atoms with Gasteiger partial charge in [-0.15, -0.1) is 0 Å². The third-order valence-electron chi connectivity index (χ3n) is 5.68. The summed E-state index contributed by atoms with van der Waals surface area (Å²) in [5, 5.41) is 0.175. The number of aromatic amines is 2. The third-order valence-corrected chi connectivity index (χ3v) is 10.8. The molecule has 178 valence electrons. The second kappa shape index (κ2) is 10.2. The van der Waals surface area contributed by atoms with Gasteiger partial charge in [-0.25, -0.2) is 9.97 Å². The molecule has 0 atom stereocenters. The highest BCUT2D eigenvalue weighted by Crippen LogP contribution is 2.38. The molecule has 0 fully saturated rings. The van der Waals surface area contributed by atoms with Crippen LogP contribution in [-0.2, 0) is 8.22 Å². The molecule has 2 aromatic heterocycles. The van der Waals surface area contributed by atoms with Crippen LogP contribution in [0.4, 0.5) is 0 Å². The highest BCUT2D eigenvalue weighted by atomic mass is 35.6. The molecule has 0 spiro atoms. The van der Waals surface area contributed by atoms with Crippen molar-refractivity contribution < 1.29 is 9.16 Å². The van der Waals surface area contributed by atoms with Crippen LogP contribution in [-0.4, -0.2) is 41.5 Å². The summed E-state index contributed by atoms with van der Waals surface area (Å²) in [6.07, 6.45) is 1.70. The van der Waals surface area contributed by atoms with Crippen molar-refractivity contribution >= 4 is 65.2 Å². The van der Waals surface area contributed by atoms with Gasteiger partial charge in [-0.3, -0.25) is 0 Å². The first-order valence-corrected chi connectivity index (χ1v) is 14.6. The number of hydrogen-bond donors (Lipinski definition) is 2. The SMILES string of the molecule is CC(C)(C)[Si](C)(C)OCCOc1cccc2[nH]c(C(Cl)(Cl)Cl)nc12.c1ccc2[nH]cnc2c1. The molecule has 4 aromatic rings. The van der Waals surface area contributed by atoms with E-state index in [1.54, 1.807) is 6.33 Å². The summed E-state index contributed by atoms with van der Waals surface area (Å²) in [6, 6.07) is 13.5. The van der Waals surface area contributed by atoms with Gasteiger partial charge in [0.05, 0.1) is 29.5 Å². The Bertz CT molecular complexity index is 1170. The lowest BCUT2D eigenvalue weighted by Crippen LogP contribution is -2.41. The van der Waals surface area contributed by atoms with Crippen LogP contribution in [0.1, 0.15) is 26.6 Å². The predicted molar refractivity (Wildman–Crippen MR) is 140 cm³/mol. The van der Waals surface area contributed by atoms with Crippen LogP contribution in [0.15, 0.2) is 48.8 Å². The number of H-pyrrole nitrogens is 2. The summed E-state index contributed by atoms with van der Waals surface area (Å²) in [7, 11) is -1.77. The lowest BCUT2D eigenvalue weighted by molar-refractivity contribution is 0.204. The lowest BCUT2D eigenvalue weighted by atomic mass is 10.2. The van der Waals surface area contributed by atoms with Crippen LogP contribution in [0.25, 0.3) is 22.1 Å². The quantitative estimate of drug-likeness (QED) is 0.161. The highest BCUT2D eigenvalue weighted by Gasteiger charge is 2.37. The van der Waals surface area contributed by atoms with Gasteiger partial charge in [-0.2, -0.15) is 0 Å². The molecule has 2 heterocycles. The third kappa shape index (κ3) is 6.64. The van der Waals surface area contributed by atoms with Gasteiger partial charge in [0.1, 0.15) is 17.9 Å². The Morgan fingerprint density at radius 3 is 2.30 bits per heavy atom. The standard InChI is InChI=1S/C16H23Cl3N2O2Si.C7H6N2/c1-15(2,3)24(4,5)23-10-9-22-12-8-6-7-11-13(12)21-14(20-11)16(17,18)19;1-2-4-7-6(3-1)8-5-9-7/h6-8H,9-10H2,1-5H3,(H,20,21);1-5H,(H,8,9). The van der Waals surface area contributed by atoms with Crippen LogP contribution < -0.4 is 4.74 Å². The van der Waals surface area contributed by atoms with E-state index in [9.17, 15) is 0 Å². The van der Waals surface area contributed by atoms with Gasteiger partial charge in [0.2, 0.25) is 3.79 Å². The van der Waals surface area contributed by atoms with Crippen molar-refractivity contribution in [2.24, 2.45) is 0 Å². The van der Waals surface area contributed by atoms with Crippen LogP contribution in [0, 0.1) is 0 Å². The van der Waals surface area contributed by atoms with Gasteiger partial charge in [-0.05, 0) is 42.4 Å². The van der Waals surface area contributed by atoms with Crippen molar-refractivity contribution in [2.75, 3.05) is 13.2 Å². The minimum Gasteiger partial charge on any atom is -0.489 e. The van der Waals surface area contributed by atoms with E-state index in [4.69, 9.17) is 44.0 Å². The molecule has 0 aliphatic rings. The van der Waals surface area contributed by atoms with Gasteiger partial charge in [0.15, 0.2) is 14.1 Å². The Hall–Kier alpha value is -1.77. The molecule has 10 heteroatoms. The second-order valence-electron chi connectivity index (χ2n) is 9.11. The fraction of sp³-hybridized carbons (Fsp3) is 0.391. The van der Waals surface area contributed by atoms with E-state index in [2.05, 4.69) is 53.8 Å². The lowest BCUT2D eigenvalue weighted by Gasteiger charge is -2.36. The fourth-order valence-corrected chi connectivity index (χ4v) is 4.10. The first kappa shape index (κ1) is 25.8. The summed E-state index contributed by atoms with van der Waals surface area (Å²) in [6.45, 7) is 12.0. The number of rotatable bonds is 5. The minimum absolute atomic E-state index is 0.175. The molecule has 0 unspecified atom stereocenters. The van der Waals surface area contributed by atoms with Crippen molar-refractivity contribution in [3.8, 4) is 5.75 Å². The molecule has 0 aliphatic heterocycles. The molecule has 0 aliphatic carbocycles. The van der Waals surface area contributed by atoms with E-state index in [-0.39, 0.29) is 10.9 Å². The van der Waals surface area contributed by atoms with E-state index in [1.807, 2.05) is 42.5 Å². The zero-order valence-electron chi connectivity index (χ0n) is 19.4. The fourth-order valence-electron chi connectivity index (χ4n) is 2.80. The average molecular weight is 528 g/mol. The number of ether oxygens (including phenoxy) is 1. The van der Waals surface area contributed by atoms with E-state index in [0.29, 0.717) is 24.5 Å². The summed E-state index contributed by atoms with van der Waals surface area (Å²) in [5.41, 5.74) is 3.53. The van der Waals surface area contributed by atoms with Gasteiger partial charge < -0.3 is 19.1 Å². The molecule has 0 amide bonds. The zero-order chi connectivity index (χ0) is 24.3. The summed E-state index contributed by atoms with van der Waals surface area (Å²) in [5.74, 6) is 0.916. The van der Waals surface area contributed by atoms with Crippen LogP contribution in [0.2, 0.25) is 18.1 Å². The number of aromatic nitrogens is 4. The molecule has 4 rings (SSSR count). The van der Waals surface area contributed by atoms with E-state index >= 15 is 0 Å². The Balaban J connectivity index is 0.000000280. The first-order chi connectivity index (χ1) is 15.4. The number of benzene rings is 2. The Kier molecular flexibility index (Phi) is 8.02. The number of hydrogen-bond acceptors (Lipinski definition) is 4. The molecule has 0 radical (unpaired) electrons. The van der Waals surface area contributed by atoms with Crippen molar-refractivity contribution in [1.82, 2.24) is 19.9 Å². The number of nitrogens with one attached hydrogen (secondary N) is 2. The number of nitrogens with zero attached hydrogens (tertiary/aromatic N) is 2. The van der Waals surface area contributed by atoms with E-state index < -0.39 is 12.1 Å². The number of imidazole rings is 2. The molecular weight excluding hydrogens is 499 g/mol.